The largest absolute Gasteiger partial charge is 0.497 e. The topological polar surface area (TPSA) is 57.2 Å². The number of fused-ring (bicyclic) bond motifs is 1. The summed E-state index contributed by atoms with van der Waals surface area (Å²) in [6, 6.07) is 23.4. The first-order valence-electron chi connectivity index (χ1n) is 11.2. The van der Waals surface area contributed by atoms with E-state index in [1.807, 2.05) is 66.7 Å². The van der Waals surface area contributed by atoms with Crippen LogP contribution in [0.3, 0.4) is 0 Å². The molecule has 34 heavy (non-hydrogen) atoms. The van der Waals surface area contributed by atoms with Gasteiger partial charge in [-0.15, -0.1) is 0 Å². The summed E-state index contributed by atoms with van der Waals surface area (Å²) in [5.41, 5.74) is 5.69. The number of hydroxylamine groups is 2. The van der Waals surface area contributed by atoms with Crippen molar-refractivity contribution in [1.82, 2.24) is 5.23 Å². The number of rotatable bonds is 10. The molecule has 4 rings (SSSR count). The highest BCUT2D eigenvalue weighted by atomic mass is 16.9. The molecule has 1 aliphatic carbocycles. The maximum atomic E-state index is 13.8. The zero-order chi connectivity index (χ0) is 23.9. The minimum absolute atomic E-state index is 0.00876. The van der Waals surface area contributed by atoms with Gasteiger partial charge in [0.2, 0.25) is 0 Å². The fourth-order valence-corrected chi connectivity index (χ4v) is 4.21. The van der Waals surface area contributed by atoms with Crippen molar-refractivity contribution in [2.45, 2.75) is 12.8 Å². The van der Waals surface area contributed by atoms with E-state index in [-0.39, 0.29) is 5.78 Å². The van der Waals surface area contributed by atoms with Crippen molar-refractivity contribution in [3.8, 4) is 11.5 Å². The van der Waals surface area contributed by atoms with E-state index in [1.165, 1.54) is 25.0 Å². The van der Waals surface area contributed by atoms with Gasteiger partial charge in [0.15, 0.2) is 5.78 Å². The Morgan fingerprint density at radius 2 is 1.50 bits per heavy atom. The summed E-state index contributed by atoms with van der Waals surface area (Å²) in [7, 11) is 4.71. The monoisotopic (exact) mass is 459 g/mol. The molecule has 0 radical (unpaired) electrons. The number of methoxy groups -OCH3 is 1. The third-order valence-electron chi connectivity index (χ3n) is 5.96. The van der Waals surface area contributed by atoms with E-state index < -0.39 is 0 Å². The summed E-state index contributed by atoms with van der Waals surface area (Å²) in [4.78, 5) is 23.8. The predicted octanol–water partition coefficient (Wildman–Crippen LogP) is 5.24. The molecule has 6 heteroatoms. The van der Waals surface area contributed by atoms with Crippen LogP contribution in [0.5, 0.6) is 11.5 Å². The first-order chi connectivity index (χ1) is 16.6. The van der Waals surface area contributed by atoms with Crippen LogP contribution in [0.25, 0.3) is 11.1 Å². The first-order valence-corrected chi connectivity index (χ1v) is 11.2. The van der Waals surface area contributed by atoms with E-state index in [1.54, 1.807) is 7.11 Å². The number of Topliss-reactive ketones (excluding diaryl/α,β-unsaturated/α-hetero) is 1. The molecule has 0 spiro atoms. The minimum atomic E-state index is 0.00876. The lowest BCUT2D eigenvalue weighted by Crippen LogP contribution is -2.26. The predicted molar refractivity (Wildman–Crippen MR) is 132 cm³/mol. The van der Waals surface area contributed by atoms with Gasteiger partial charge in [-0.1, -0.05) is 41.6 Å². The summed E-state index contributed by atoms with van der Waals surface area (Å²) in [6.45, 7) is 0.831. The lowest BCUT2D eigenvalue weighted by atomic mass is 9.79. The zero-order valence-electron chi connectivity index (χ0n) is 19.7. The normalized spacial score (nSPS) is 13.1. The highest BCUT2D eigenvalue weighted by molar-refractivity contribution is 6.35. The van der Waals surface area contributed by atoms with Crippen molar-refractivity contribution in [2.24, 2.45) is 0 Å². The van der Waals surface area contributed by atoms with Crippen molar-refractivity contribution in [3.05, 3.63) is 95.1 Å². The molecule has 0 N–H and O–H groups in total. The van der Waals surface area contributed by atoms with Gasteiger partial charge in [0, 0.05) is 11.1 Å². The van der Waals surface area contributed by atoms with Gasteiger partial charge < -0.3 is 9.47 Å². The number of aryl methyl sites for hydroxylation is 1. The number of ketones is 1. The van der Waals surface area contributed by atoms with Crippen LogP contribution in [-0.4, -0.2) is 45.5 Å². The molecular formula is C28H29NO5. The molecule has 0 aliphatic heterocycles. The van der Waals surface area contributed by atoms with Gasteiger partial charge in [-0.3, -0.25) is 14.5 Å². The average Bonchev–Trinajstić information content (AvgIpc) is 2.90. The molecule has 0 bridgehead atoms. The second-order valence-electron chi connectivity index (χ2n) is 7.86. The Labute approximate surface area is 200 Å². The molecule has 0 heterocycles. The fraction of sp³-hybridized carbons (Fsp3) is 0.250. The van der Waals surface area contributed by atoms with Crippen LogP contribution in [-0.2, 0) is 16.1 Å². The van der Waals surface area contributed by atoms with Crippen molar-refractivity contribution in [3.63, 3.8) is 0 Å². The summed E-state index contributed by atoms with van der Waals surface area (Å²) in [5.74, 6) is 1.48. The first kappa shape index (κ1) is 23.7. The molecule has 3 aromatic rings. The van der Waals surface area contributed by atoms with Gasteiger partial charge >= 0.3 is 0 Å². The molecule has 176 valence electrons. The smallest absolute Gasteiger partial charge is 0.193 e. The van der Waals surface area contributed by atoms with Crippen LogP contribution in [0.1, 0.15) is 33.5 Å². The van der Waals surface area contributed by atoms with Crippen LogP contribution in [0.2, 0.25) is 0 Å². The summed E-state index contributed by atoms with van der Waals surface area (Å²) in [5, 5.41) is 1.32. The molecule has 3 aromatic carbocycles. The number of carbonyl (C=O) groups is 1. The molecule has 0 amide bonds. The van der Waals surface area contributed by atoms with E-state index >= 15 is 0 Å². The van der Waals surface area contributed by atoms with Gasteiger partial charge in [-0.05, 0) is 71.5 Å². The number of allylic oxidation sites excluding steroid dienone is 2. The van der Waals surface area contributed by atoms with E-state index in [0.717, 1.165) is 40.9 Å². The molecule has 0 aromatic heterocycles. The van der Waals surface area contributed by atoms with E-state index in [9.17, 15) is 4.79 Å². The molecule has 0 fully saturated rings. The number of benzene rings is 3. The Morgan fingerprint density at radius 1 is 0.824 bits per heavy atom. The summed E-state index contributed by atoms with van der Waals surface area (Å²) < 4.78 is 11.1. The summed E-state index contributed by atoms with van der Waals surface area (Å²) >= 11 is 0. The lowest BCUT2D eigenvalue weighted by molar-refractivity contribution is -0.343. The zero-order valence-corrected chi connectivity index (χ0v) is 19.7. The Morgan fingerprint density at radius 3 is 2.18 bits per heavy atom. The molecule has 0 saturated carbocycles. The van der Waals surface area contributed by atoms with Gasteiger partial charge in [-0.25, -0.2) is 0 Å². The van der Waals surface area contributed by atoms with Crippen LogP contribution in [0, 0.1) is 0 Å². The van der Waals surface area contributed by atoms with Crippen molar-refractivity contribution < 1.29 is 23.9 Å². The highest BCUT2D eigenvalue weighted by Gasteiger charge is 2.26. The van der Waals surface area contributed by atoms with Gasteiger partial charge in [0.05, 0.1) is 27.9 Å². The molecule has 0 atom stereocenters. The van der Waals surface area contributed by atoms with Crippen LogP contribution < -0.4 is 9.47 Å². The Balaban J connectivity index is 1.62. The van der Waals surface area contributed by atoms with Gasteiger partial charge in [0.25, 0.3) is 0 Å². The van der Waals surface area contributed by atoms with Crippen LogP contribution >= 0.6 is 0 Å². The average molecular weight is 460 g/mol. The van der Waals surface area contributed by atoms with Crippen LogP contribution in [0.4, 0.5) is 0 Å². The second kappa shape index (κ2) is 11.1. The van der Waals surface area contributed by atoms with Crippen molar-refractivity contribution in [2.75, 3.05) is 34.5 Å². The quantitative estimate of drug-likeness (QED) is 0.305. The van der Waals surface area contributed by atoms with Crippen LogP contribution in [0.15, 0.2) is 72.8 Å². The van der Waals surface area contributed by atoms with E-state index in [2.05, 4.69) is 6.07 Å². The second-order valence-corrected chi connectivity index (χ2v) is 7.86. The maximum Gasteiger partial charge on any atom is 0.193 e. The minimum Gasteiger partial charge on any atom is -0.497 e. The van der Waals surface area contributed by atoms with E-state index in [4.69, 9.17) is 19.1 Å². The van der Waals surface area contributed by atoms with Gasteiger partial charge in [0.1, 0.15) is 18.1 Å². The SMILES string of the molecule is COc1ccc(C2=C(C(=O)c3ccc(OCCN(OC)OC)cc3)c3ccccc3CC2)cc1. The third-order valence-corrected chi connectivity index (χ3v) is 5.96. The molecule has 0 unspecified atom stereocenters. The standard InChI is InChI=1S/C28H29NO5/c1-31-23-13-8-21(9-14-23)26-17-12-20-6-4-5-7-25(20)27(26)28(30)22-10-15-24(16-11-22)34-19-18-29(32-2)33-3/h4-11,13-16H,12,17-19H2,1-3H3. The molecule has 1 aliphatic rings. The molecule has 0 saturated heterocycles. The third kappa shape index (κ3) is 5.20. The number of nitrogens with zero attached hydrogens (tertiary/aromatic N) is 1. The van der Waals surface area contributed by atoms with Crippen molar-refractivity contribution in [1.29, 1.82) is 0 Å². The number of hydrogen-bond acceptors (Lipinski definition) is 6. The molecular weight excluding hydrogens is 430 g/mol. The number of carbonyl (C=O) groups excluding carboxylic acids is 1. The van der Waals surface area contributed by atoms with Gasteiger partial charge in [-0.2, -0.15) is 0 Å². The van der Waals surface area contributed by atoms with Crippen molar-refractivity contribution >= 4 is 16.9 Å². The lowest BCUT2D eigenvalue weighted by Gasteiger charge is -2.23. The fourth-order valence-electron chi connectivity index (χ4n) is 4.21. The van der Waals surface area contributed by atoms with E-state index in [0.29, 0.717) is 24.5 Å². The Hall–Kier alpha value is -3.45. The Bertz CT molecular complexity index is 1150. The number of hydrogen-bond donors (Lipinski definition) is 0. The molecule has 6 nitrogen and oxygen atoms in total. The highest BCUT2D eigenvalue weighted by Crippen LogP contribution is 2.39. The summed E-state index contributed by atoms with van der Waals surface area (Å²) in [6.07, 6.45) is 1.71. The maximum absolute atomic E-state index is 13.8. The Kier molecular flexibility index (Phi) is 7.75. The number of ether oxygens (including phenoxy) is 2.